The molecule has 130 valence electrons. The Hall–Kier alpha value is -0.860. The van der Waals surface area contributed by atoms with Crippen LogP contribution in [0.25, 0.3) is 0 Å². The standard InChI is InChI=1S/C17H27N3O2.HI/c1-16(2)14(10-17(16,3)22-5)20-15(18)19-13-9-7-6-8-12(13)11-21-4;/h6-9,14H,10-11H2,1-5H3,(H3,18,19,20);1H. The van der Waals surface area contributed by atoms with Crippen molar-refractivity contribution in [1.82, 2.24) is 0 Å². The molecule has 1 saturated carbocycles. The molecule has 0 bridgehead atoms. The van der Waals surface area contributed by atoms with Crippen molar-refractivity contribution in [3.8, 4) is 0 Å². The van der Waals surface area contributed by atoms with Crippen LogP contribution in [0.15, 0.2) is 29.3 Å². The van der Waals surface area contributed by atoms with Gasteiger partial charge in [-0.2, -0.15) is 0 Å². The number of aliphatic imine (C=N–C) groups is 1. The fourth-order valence-corrected chi connectivity index (χ4v) is 2.92. The first-order valence-electron chi connectivity index (χ1n) is 7.56. The minimum absolute atomic E-state index is 0. The minimum Gasteiger partial charge on any atom is -0.380 e. The van der Waals surface area contributed by atoms with Crippen molar-refractivity contribution >= 4 is 35.6 Å². The van der Waals surface area contributed by atoms with Crippen LogP contribution in [-0.4, -0.2) is 31.8 Å². The second kappa shape index (κ2) is 7.81. The Morgan fingerprint density at radius 1 is 1.30 bits per heavy atom. The van der Waals surface area contributed by atoms with E-state index in [1.54, 1.807) is 14.2 Å². The van der Waals surface area contributed by atoms with Crippen LogP contribution < -0.4 is 11.1 Å². The second-order valence-electron chi connectivity index (χ2n) is 6.61. The lowest BCUT2D eigenvalue weighted by Gasteiger charge is -2.57. The van der Waals surface area contributed by atoms with Crippen molar-refractivity contribution in [3.63, 3.8) is 0 Å². The Kier molecular flexibility index (Phi) is 6.85. The zero-order valence-electron chi connectivity index (χ0n) is 14.6. The predicted molar refractivity (Wildman–Crippen MR) is 105 cm³/mol. The summed E-state index contributed by atoms with van der Waals surface area (Å²) in [5.41, 5.74) is 7.89. The molecule has 2 atom stereocenters. The van der Waals surface area contributed by atoms with Crippen LogP contribution in [0.1, 0.15) is 32.8 Å². The molecule has 1 aromatic rings. The maximum atomic E-state index is 6.09. The van der Waals surface area contributed by atoms with Gasteiger partial charge in [0.1, 0.15) is 0 Å². The fraction of sp³-hybridized carbons (Fsp3) is 0.588. The van der Waals surface area contributed by atoms with Crippen molar-refractivity contribution in [2.45, 2.75) is 45.4 Å². The highest BCUT2D eigenvalue weighted by atomic mass is 127. The molecule has 0 aromatic heterocycles. The highest BCUT2D eigenvalue weighted by Crippen LogP contribution is 2.53. The van der Waals surface area contributed by atoms with E-state index in [0.717, 1.165) is 17.7 Å². The van der Waals surface area contributed by atoms with Gasteiger partial charge in [-0.1, -0.05) is 32.0 Å². The third kappa shape index (κ3) is 3.97. The Morgan fingerprint density at radius 3 is 2.52 bits per heavy atom. The molecule has 2 unspecified atom stereocenters. The van der Waals surface area contributed by atoms with Gasteiger partial charge in [0.15, 0.2) is 5.96 Å². The van der Waals surface area contributed by atoms with Gasteiger partial charge in [-0.15, -0.1) is 24.0 Å². The number of hydrogen-bond acceptors (Lipinski definition) is 3. The van der Waals surface area contributed by atoms with Gasteiger partial charge in [0, 0.05) is 30.9 Å². The predicted octanol–water partition coefficient (Wildman–Crippen LogP) is 3.38. The topological polar surface area (TPSA) is 68.9 Å². The number of methoxy groups -OCH3 is 2. The molecule has 1 aliphatic carbocycles. The first-order valence-corrected chi connectivity index (χ1v) is 7.56. The van der Waals surface area contributed by atoms with Crippen LogP contribution in [0.2, 0.25) is 0 Å². The van der Waals surface area contributed by atoms with Crippen LogP contribution in [0, 0.1) is 5.41 Å². The first kappa shape index (κ1) is 20.2. The molecule has 0 saturated heterocycles. The molecule has 5 nitrogen and oxygen atoms in total. The molecule has 0 heterocycles. The van der Waals surface area contributed by atoms with E-state index in [0.29, 0.717) is 12.6 Å². The molecule has 1 fully saturated rings. The highest BCUT2D eigenvalue weighted by Gasteiger charge is 2.58. The number of hydrogen-bond donors (Lipinski definition) is 2. The van der Waals surface area contributed by atoms with Crippen molar-refractivity contribution in [1.29, 1.82) is 0 Å². The average molecular weight is 433 g/mol. The number of nitrogens with one attached hydrogen (secondary N) is 1. The molecular weight excluding hydrogens is 405 g/mol. The molecule has 0 spiro atoms. The van der Waals surface area contributed by atoms with Gasteiger partial charge >= 0.3 is 0 Å². The van der Waals surface area contributed by atoms with E-state index in [1.807, 2.05) is 24.3 Å². The zero-order valence-corrected chi connectivity index (χ0v) is 16.9. The number of benzene rings is 1. The number of rotatable bonds is 5. The SMILES string of the molecule is COCc1ccccc1NC(N)=NC1CC(C)(OC)C1(C)C.I. The Labute approximate surface area is 156 Å². The summed E-state index contributed by atoms with van der Waals surface area (Å²) in [4.78, 5) is 4.64. The molecule has 6 heteroatoms. The first-order chi connectivity index (χ1) is 10.3. The summed E-state index contributed by atoms with van der Waals surface area (Å²) in [6.45, 7) is 6.99. The highest BCUT2D eigenvalue weighted by molar-refractivity contribution is 14.0. The van der Waals surface area contributed by atoms with Gasteiger partial charge in [0.2, 0.25) is 0 Å². The molecule has 23 heavy (non-hydrogen) atoms. The summed E-state index contributed by atoms with van der Waals surface area (Å²) < 4.78 is 10.8. The number of nitrogens with zero attached hydrogens (tertiary/aromatic N) is 1. The summed E-state index contributed by atoms with van der Waals surface area (Å²) in [7, 11) is 3.43. The van der Waals surface area contributed by atoms with Gasteiger partial charge < -0.3 is 20.5 Å². The quantitative estimate of drug-likeness (QED) is 0.425. The van der Waals surface area contributed by atoms with Crippen molar-refractivity contribution in [2.75, 3.05) is 19.5 Å². The Balaban J connectivity index is 0.00000264. The Morgan fingerprint density at radius 2 is 1.96 bits per heavy atom. The van der Waals surface area contributed by atoms with Crippen LogP contribution >= 0.6 is 24.0 Å². The largest absolute Gasteiger partial charge is 0.380 e. The van der Waals surface area contributed by atoms with E-state index in [1.165, 1.54) is 0 Å². The lowest BCUT2D eigenvalue weighted by Crippen LogP contribution is -2.62. The molecule has 0 amide bonds. The third-order valence-electron chi connectivity index (χ3n) is 5.10. The molecule has 2 rings (SSSR count). The number of ether oxygens (including phenoxy) is 2. The molecule has 1 aliphatic rings. The monoisotopic (exact) mass is 433 g/mol. The third-order valence-corrected chi connectivity index (χ3v) is 5.10. The number of nitrogens with two attached hydrogens (primary N) is 1. The number of anilines is 1. The number of halogens is 1. The van der Waals surface area contributed by atoms with Crippen LogP contribution in [-0.2, 0) is 16.1 Å². The van der Waals surface area contributed by atoms with Crippen molar-refractivity contribution in [2.24, 2.45) is 16.1 Å². The summed E-state index contributed by atoms with van der Waals surface area (Å²) >= 11 is 0. The summed E-state index contributed by atoms with van der Waals surface area (Å²) in [5.74, 6) is 0.430. The average Bonchev–Trinajstić information content (AvgIpc) is 2.48. The maximum Gasteiger partial charge on any atom is 0.193 e. The van der Waals surface area contributed by atoms with E-state index in [-0.39, 0.29) is 41.0 Å². The van der Waals surface area contributed by atoms with E-state index in [4.69, 9.17) is 15.2 Å². The van der Waals surface area contributed by atoms with Gasteiger partial charge in [-0.3, -0.25) is 0 Å². The molecular formula is C17H28IN3O2. The van der Waals surface area contributed by atoms with Crippen LogP contribution in [0.4, 0.5) is 5.69 Å². The van der Waals surface area contributed by atoms with Gasteiger partial charge in [0.05, 0.1) is 18.2 Å². The van der Waals surface area contributed by atoms with Gasteiger partial charge in [-0.25, -0.2) is 4.99 Å². The lowest BCUT2D eigenvalue weighted by atomic mass is 9.56. The lowest BCUT2D eigenvalue weighted by molar-refractivity contribution is -0.171. The second-order valence-corrected chi connectivity index (χ2v) is 6.61. The van der Waals surface area contributed by atoms with E-state index < -0.39 is 0 Å². The zero-order chi connectivity index (χ0) is 16.4. The summed E-state index contributed by atoms with van der Waals surface area (Å²) in [6.07, 6.45) is 0.874. The number of guanidine groups is 1. The van der Waals surface area contributed by atoms with E-state index >= 15 is 0 Å². The number of para-hydroxylation sites is 1. The minimum atomic E-state index is -0.143. The van der Waals surface area contributed by atoms with Crippen molar-refractivity contribution < 1.29 is 9.47 Å². The van der Waals surface area contributed by atoms with Crippen molar-refractivity contribution in [3.05, 3.63) is 29.8 Å². The molecule has 0 aliphatic heterocycles. The van der Waals surface area contributed by atoms with Gasteiger partial charge in [0.25, 0.3) is 0 Å². The normalized spacial score (nSPS) is 26.1. The summed E-state index contributed by atoms with van der Waals surface area (Å²) in [6, 6.07) is 8.08. The molecule has 3 N–H and O–H groups in total. The molecule has 1 aromatic carbocycles. The van der Waals surface area contributed by atoms with E-state index in [2.05, 4.69) is 31.1 Å². The smallest absolute Gasteiger partial charge is 0.193 e. The van der Waals surface area contributed by atoms with E-state index in [9.17, 15) is 0 Å². The van der Waals surface area contributed by atoms with Crippen LogP contribution in [0.3, 0.4) is 0 Å². The fourth-order valence-electron chi connectivity index (χ4n) is 2.92. The summed E-state index contributed by atoms with van der Waals surface area (Å²) in [5, 5.41) is 3.18. The maximum absolute atomic E-state index is 6.09. The molecule has 0 radical (unpaired) electrons. The Bertz CT molecular complexity index is 563. The van der Waals surface area contributed by atoms with Gasteiger partial charge in [-0.05, 0) is 19.4 Å². The van der Waals surface area contributed by atoms with Crippen LogP contribution in [0.5, 0.6) is 0 Å².